The number of ether oxygens (including phenoxy) is 1. The highest BCUT2D eigenvalue weighted by Crippen LogP contribution is 2.32. The van der Waals surface area contributed by atoms with E-state index in [0.29, 0.717) is 18.2 Å². The molecule has 0 saturated heterocycles. The van der Waals surface area contributed by atoms with Gasteiger partial charge in [-0.3, -0.25) is 9.59 Å². The molecule has 20 heavy (non-hydrogen) atoms. The van der Waals surface area contributed by atoms with E-state index in [2.05, 4.69) is 31.1 Å². The Balaban J connectivity index is 2.05. The van der Waals surface area contributed by atoms with Gasteiger partial charge in [-0.1, -0.05) is 0 Å². The minimum absolute atomic E-state index is 0.237. The van der Waals surface area contributed by atoms with E-state index in [1.807, 2.05) is 0 Å². The number of aliphatic hydroxyl groups excluding tert-OH is 1. The SMILES string of the molecule is COC(=O)Cn1ncc(NCC(O)C2CC2)c(Br)c1=O. The van der Waals surface area contributed by atoms with Crippen LogP contribution in [0.15, 0.2) is 15.5 Å². The van der Waals surface area contributed by atoms with E-state index in [1.165, 1.54) is 13.3 Å². The zero-order valence-corrected chi connectivity index (χ0v) is 12.6. The zero-order chi connectivity index (χ0) is 14.7. The van der Waals surface area contributed by atoms with Crippen LogP contribution in [0.3, 0.4) is 0 Å². The maximum atomic E-state index is 12.0. The van der Waals surface area contributed by atoms with Crippen molar-refractivity contribution in [2.24, 2.45) is 5.92 Å². The Morgan fingerprint density at radius 1 is 1.70 bits per heavy atom. The van der Waals surface area contributed by atoms with E-state index < -0.39 is 17.6 Å². The summed E-state index contributed by atoms with van der Waals surface area (Å²) in [4.78, 5) is 23.1. The summed E-state index contributed by atoms with van der Waals surface area (Å²) in [6, 6.07) is 0. The van der Waals surface area contributed by atoms with Crippen molar-refractivity contribution in [1.29, 1.82) is 0 Å². The van der Waals surface area contributed by atoms with Crippen LogP contribution in [0.5, 0.6) is 0 Å². The summed E-state index contributed by atoms with van der Waals surface area (Å²) in [5, 5.41) is 16.6. The number of carbonyl (C=O) groups excluding carboxylic acids is 1. The van der Waals surface area contributed by atoms with E-state index in [9.17, 15) is 14.7 Å². The number of hydrogen-bond acceptors (Lipinski definition) is 6. The van der Waals surface area contributed by atoms with E-state index in [4.69, 9.17) is 0 Å². The number of halogens is 1. The second kappa shape index (κ2) is 6.36. The number of methoxy groups -OCH3 is 1. The van der Waals surface area contributed by atoms with Crippen molar-refractivity contribution in [2.75, 3.05) is 19.0 Å². The highest BCUT2D eigenvalue weighted by atomic mass is 79.9. The molecule has 0 aliphatic heterocycles. The molecule has 8 heteroatoms. The Labute approximate surface area is 124 Å². The second-order valence-corrected chi connectivity index (χ2v) is 5.49. The molecule has 0 bridgehead atoms. The van der Waals surface area contributed by atoms with Crippen molar-refractivity contribution in [3.8, 4) is 0 Å². The summed E-state index contributed by atoms with van der Waals surface area (Å²) in [5.41, 5.74) is 0.0668. The lowest BCUT2D eigenvalue weighted by Crippen LogP contribution is -2.29. The lowest BCUT2D eigenvalue weighted by Gasteiger charge is -2.13. The van der Waals surface area contributed by atoms with Crippen LogP contribution in [0.1, 0.15) is 12.8 Å². The Kier molecular flexibility index (Phi) is 4.77. The molecule has 1 aliphatic carbocycles. The highest BCUT2D eigenvalue weighted by molar-refractivity contribution is 9.10. The minimum Gasteiger partial charge on any atom is -0.468 e. The number of anilines is 1. The first-order valence-electron chi connectivity index (χ1n) is 6.27. The fourth-order valence-corrected chi connectivity index (χ4v) is 2.20. The molecule has 1 fully saturated rings. The monoisotopic (exact) mass is 345 g/mol. The third-order valence-electron chi connectivity index (χ3n) is 3.16. The molecule has 1 unspecified atom stereocenters. The number of rotatable bonds is 6. The Bertz CT molecular complexity index is 556. The van der Waals surface area contributed by atoms with Crippen molar-refractivity contribution < 1.29 is 14.6 Å². The van der Waals surface area contributed by atoms with Gasteiger partial charge in [-0.25, -0.2) is 4.68 Å². The molecule has 7 nitrogen and oxygen atoms in total. The molecule has 0 amide bonds. The molecule has 2 rings (SSSR count). The number of hydrogen-bond donors (Lipinski definition) is 2. The average Bonchev–Trinajstić information content (AvgIpc) is 3.27. The van der Waals surface area contributed by atoms with Crippen LogP contribution in [0.2, 0.25) is 0 Å². The summed E-state index contributed by atoms with van der Waals surface area (Å²) >= 11 is 3.18. The van der Waals surface area contributed by atoms with Crippen molar-refractivity contribution in [3.05, 3.63) is 21.0 Å². The van der Waals surface area contributed by atoms with Crippen LogP contribution < -0.4 is 10.9 Å². The summed E-state index contributed by atoms with van der Waals surface area (Å²) in [5.74, 6) is -0.190. The first-order chi connectivity index (χ1) is 9.52. The molecular formula is C12H16BrN3O4. The molecule has 2 N–H and O–H groups in total. The van der Waals surface area contributed by atoms with Gasteiger partial charge in [0.25, 0.3) is 5.56 Å². The Hall–Kier alpha value is -1.41. The average molecular weight is 346 g/mol. The van der Waals surface area contributed by atoms with Gasteiger partial charge in [0.15, 0.2) is 0 Å². The predicted octanol–water partition coefficient (Wildman–Crippen LogP) is 0.362. The molecule has 0 radical (unpaired) electrons. The molecule has 1 aromatic heterocycles. The molecule has 110 valence electrons. The van der Waals surface area contributed by atoms with Gasteiger partial charge in [-0.2, -0.15) is 5.10 Å². The first-order valence-corrected chi connectivity index (χ1v) is 7.06. The fourth-order valence-electron chi connectivity index (χ4n) is 1.75. The molecule has 0 spiro atoms. The summed E-state index contributed by atoms with van der Waals surface area (Å²) in [7, 11) is 1.25. The molecule has 1 heterocycles. The maximum absolute atomic E-state index is 12.0. The quantitative estimate of drug-likeness (QED) is 0.723. The van der Waals surface area contributed by atoms with Crippen molar-refractivity contribution >= 4 is 27.6 Å². The third-order valence-corrected chi connectivity index (χ3v) is 3.93. The van der Waals surface area contributed by atoms with Crippen molar-refractivity contribution in [3.63, 3.8) is 0 Å². The molecule has 0 aromatic carbocycles. The van der Waals surface area contributed by atoms with Crippen molar-refractivity contribution in [2.45, 2.75) is 25.5 Å². The Morgan fingerprint density at radius 3 is 3.00 bits per heavy atom. The summed E-state index contributed by atoms with van der Waals surface area (Å²) < 4.78 is 5.78. The molecule has 1 saturated carbocycles. The van der Waals surface area contributed by atoms with Crippen LogP contribution in [-0.2, 0) is 16.1 Å². The van der Waals surface area contributed by atoms with Crippen LogP contribution >= 0.6 is 15.9 Å². The highest BCUT2D eigenvalue weighted by Gasteiger charge is 2.29. The standard InChI is InChI=1S/C12H16BrN3O4/c1-20-10(18)6-16-12(19)11(13)8(4-15-16)14-5-9(17)7-2-3-7/h4,7,9,14,17H,2-3,5-6H2,1H3. The lowest BCUT2D eigenvalue weighted by atomic mass is 10.2. The number of nitrogens with one attached hydrogen (secondary N) is 1. The molecule has 1 aliphatic rings. The number of aliphatic hydroxyl groups is 1. The minimum atomic E-state index is -0.545. The largest absolute Gasteiger partial charge is 0.468 e. The molecular weight excluding hydrogens is 330 g/mol. The topological polar surface area (TPSA) is 93.5 Å². The first kappa shape index (κ1) is 15.0. The normalized spacial score (nSPS) is 15.8. The van der Waals surface area contributed by atoms with E-state index >= 15 is 0 Å². The van der Waals surface area contributed by atoms with Crippen LogP contribution in [0.4, 0.5) is 5.69 Å². The number of nitrogens with zero attached hydrogens (tertiary/aromatic N) is 2. The van der Waals surface area contributed by atoms with Gasteiger partial charge in [0.1, 0.15) is 11.0 Å². The van der Waals surface area contributed by atoms with E-state index in [-0.39, 0.29) is 11.0 Å². The molecule has 1 atom stereocenters. The lowest BCUT2D eigenvalue weighted by molar-refractivity contribution is -0.141. The van der Waals surface area contributed by atoms with Gasteiger partial charge in [-0.05, 0) is 34.7 Å². The maximum Gasteiger partial charge on any atom is 0.327 e. The van der Waals surface area contributed by atoms with Crippen LogP contribution in [-0.4, -0.2) is 40.6 Å². The summed E-state index contributed by atoms with van der Waals surface area (Å²) in [6.07, 6.45) is 3.11. The van der Waals surface area contributed by atoms with Gasteiger partial charge in [0, 0.05) is 6.54 Å². The van der Waals surface area contributed by atoms with Crippen LogP contribution in [0, 0.1) is 5.92 Å². The predicted molar refractivity (Wildman–Crippen MR) is 75.4 cm³/mol. The molecule has 1 aromatic rings. The smallest absolute Gasteiger partial charge is 0.327 e. The number of aromatic nitrogens is 2. The third kappa shape index (κ3) is 3.57. The van der Waals surface area contributed by atoms with Gasteiger partial charge in [0.05, 0.1) is 25.1 Å². The zero-order valence-electron chi connectivity index (χ0n) is 11.0. The van der Waals surface area contributed by atoms with Crippen molar-refractivity contribution in [1.82, 2.24) is 9.78 Å². The van der Waals surface area contributed by atoms with Gasteiger partial charge < -0.3 is 15.2 Å². The van der Waals surface area contributed by atoms with Crippen LogP contribution in [0.25, 0.3) is 0 Å². The summed E-state index contributed by atoms with van der Waals surface area (Å²) in [6.45, 7) is 0.129. The Morgan fingerprint density at radius 2 is 2.40 bits per heavy atom. The van der Waals surface area contributed by atoms with Gasteiger partial charge in [-0.15, -0.1) is 0 Å². The van der Waals surface area contributed by atoms with Gasteiger partial charge in [0.2, 0.25) is 0 Å². The fraction of sp³-hybridized carbons (Fsp3) is 0.583. The van der Waals surface area contributed by atoms with Gasteiger partial charge >= 0.3 is 5.97 Å². The van der Waals surface area contributed by atoms with E-state index in [0.717, 1.165) is 17.5 Å². The number of esters is 1. The second-order valence-electron chi connectivity index (χ2n) is 4.70. The van der Waals surface area contributed by atoms with E-state index in [1.54, 1.807) is 0 Å². The number of carbonyl (C=O) groups is 1.